The Morgan fingerprint density at radius 3 is 2.11 bits per heavy atom. The molecular formula is C17H23N. The Morgan fingerprint density at radius 2 is 1.50 bits per heavy atom. The highest BCUT2D eigenvalue weighted by molar-refractivity contribution is 5.10. The maximum Gasteiger partial charge on any atom is 0.0270 e. The zero-order valence-corrected chi connectivity index (χ0v) is 11.1. The first-order chi connectivity index (χ1) is 8.88. The molecule has 96 valence electrons. The van der Waals surface area contributed by atoms with Crippen LogP contribution >= 0.6 is 0 Å². The summed E-state index contributed by atoms with van der Waals surface area (Å²) in [6, 6.07) is 4.38. The Bertz CT molecular complexity index is 383. The molecule has 4 fully saturated rings. The third-order valence-electron chi connectivity index (χ3n) is 5.94. The van der Waals surface area contributed by atoms with Crippen molar-refractivity contribution in [3.05, 3.63) is 30.1 Å². The molecular weight excluding hydrogens is 218 g/mol. The highest BCUT2D eigenvalue weighted by Crippen LogP contribution is 2.57. The van der Waals surface area contributed by atoms with Crippen molar-refractivity contribution in [2.45, 2.75) is 44.9 Å². The molecule has 1 heterocycles. The van der Waals surface area contributed by atoms with Gasteiger partial charge in [-0.25, -0.2) is 0 Å². The lowest BCUT2D eigenvalue weighted by atomic mass is 9.51. The maximum absolute atomic E-state index is 4.11. The predicted molar refractivity (Wildman–Crippen MR) is 73.1 cm³/mol. The van der Waals surface area contributed by atoms with E-state index in [1.54, 1.807) is 32.1 Å². The minimum atomic E-state index is 1.05. The minimum absolute atomic E-state index is 1.05. The summed E-state index contributed by atoms with van der Waals surface area (Å²) in [4.78, 5) is 4.11. The molecule has 18 heavy (non-hydrogen) atoms. The zero-order valence-electron chi connectivity index (χ0n) is 11.1. The van der Waals surface area contributed by atoms with Crippen molar-refractivity contribution in [2.75, 3.05) is 0 Å². The second kappa shape index (κ2) is 4.36. The molecule has 0 unspecified atom stereocenters. The van der Waals surface area contributed by atoms with E-state index in [2.05, 4.69) is 17.1 Å². The Balaban J connectivity index is 1.43. The number of aryl methyl sites for hydroxylation is 1. The third kappa shape index (κ3) is 1.88. The first-order valence-electron chi connectivity index (χ1n) is 7.77. The molecule has 4 aliphatic rings. The third-order valence-corrected chi connectivity index (χ3v) is 5.94. The van der Waals surface area contributed by atoms with Gasteiger partial charge in [0.1, 0.15) is 0 Å². The number of aromatic nitrogens is 1. The summed E-state index contributed by atoms with van der Waals surface area (Å²) >= 11 is 0. The standard InChI is InChI=1S/C17H23N/c1(12-3-5-18-6-4-12)2-17-15-8-13-7-14(10-15)11-16(17)9-13/h3-6,13-17H,1-2,7-11H2. The van der Waals surface area contributed by atoms with Gasteiger partial charge in [-0.2, -0.15) is 0 Å². The zero-order chi connectivity index (χ0) is 11.9. The molecule has 0 spiro atoms. The highest BCUT2D eigenvalue weighted by atomic mass is 14.6. The van der Waals surface area contributed by atoms with E-state index in [4.69, 9.17) is 0 Å². The van der Waals surface area contributed by atoms with Crippen LogP contribution in [0.5, 0.6) is 0 Å². The first-order valence-corrected chi connectivity index (χ1v) is 7.77. The average Bonchev–Trinajstić information content (AvgIpc) is 2.38. The topological polar surface area (TPSA) is 12.9 Å². The van der Waals surface area contributed by atoms with Crippen molar-refractivity contribution < 1.29 is 0 Å². The van der Waals surface area contributed by atoms with E-state index in [9.17, 15) is 0 Å². The number of hydrogen-bond acceptors (Lipinski definition) is 1. The van der Waals surface area contributed by atoms with E-state index in [1.807, 2.05) is 12.4 Å². The monoisotopic (exact) mass is 241 g/mol. The van der Waals surface area contributed by atoms with Gasteiger partial charge in [0.05, 0.1) is 0 Å². The van der Waals surface area contributed by atoms with E-state index >= 15 is 0 Å². The van der Waals surface area contributed by atoms with Crippen LogP contribution in [0.15, 0.2) is 24.5 Å². The van der Waals surface area contributed by atoms with Gasteiger partial charge in [0.25, 0.3) is 0 Å². The smallest absolute Gasteiger partial charge is 0.0270 e. The van der Waals surface area contributed by atoms with Crippen LogP contribution in [0.25, 0.3) is 0 Å². The van der Waals surface area contributed by atoms with Crippen molar-refractivity contribution in [3.8, 4) is 0 Å². The molecule has 0 atom stereocenters. The first kappa shape index (κ1) is 11.0. The van der Waals surface area contributed by atoms with Crippen LogP contribution in [0.2, 0.25) is 0 Å². The molecule has 0 aliphatic heterocycles. The Morgan fingerprint density at radius 1 is 0.889 bits per heavy atom. The van der Waals surface area contributed by atoms with Crippen molar-refractivity contribution in [2.24, 2.45) is 29.6 Å². The Kier molecular flexibility index (Phi) is 2.67. The van der Waals surface area contributed by atoms with E-state index in [-0.39, 0.29) is 0 Å². The van der Waals surface area contributed by atoms with Gasteiger partial charge >= 0.3 is 0 Å². The Hall–Kier alpha value is -0.850. The van der Waals surface area contributed by atoms with Crippen LogP contribution in [0.1, 0.15) is 44.1 Å². The molecule has 4 saturated carbocycles. The molecule has 1 heteroatoms. The summed E-state index contributed by atoms with van der Waals surface area (Å²) in [7, 11) is 0. The molecule has 4 bridgehead atoms. The van der Waals surface area contributed by atoms with Crippen molar-refractivity contribution >= 4 is 0 Å². The molecule has 0 amide bonds. The fourth-order valence-corrected chi connectivity index (χ4v) is 5.39. The number of nitrogens with zero attached hydrogens (tertiary/aromatic N) is 1. The van der Waals surface area contributed by atoms with Crippen LogP contribution in [-0.2, 0) is 6.42 Å². The fourth-order valence-electron chi connectivity index (χ4n) is 5.39. The SMILES string of the molecule is c1cc(CCC2C3CC4CC(C3)CC2C4)ccn1. The molecule has 0 N–H and O–H groups in total. The summed E-state index contributed by atoms with van der Waals surface area (Å²) in [5.41, 5.74) is 1.49. The lowest BCUT2D eigenvalue weighted by Gasteiger charge is -2.54. The van der Waals surface area contributed by atoms with E-state index in [1.165, 1.54) is 18.4 Å². The Labute approximate surface area is 110 Å². The van der Waals surface area contributed by atoms with Gasteiger partial charge in [-0.05, 0) is 92.2 Å². The van der Waals surface area contributed by atoms with Gasteiger partial charge in [0.15, 0.2) is 0 Å². The van der Waals surface area contributed by atoms with Crippen molar-refractivity contribution in [1.29, 1.82) is 0 Å². The average molecular weight is 241 g/mol. The summed E-state index contributed by atoms with van der Waals surface area (Å²) in [6.07, 6.45) is 14.4. The normalized spacial score (nSPS) is 41.2. The van der Waals surface area contributed by atoms with Gasteiger partial charge in [-0.1, -0.05) is 0 Å². The highest BCUT2D eigenvalue weighted by Gasteiger charge is 2.47. The van der Waals surface area contributed by atoms with E-state index in [0.717, 1.165) is 29.6 Å². The second-order valence-electron chi connectivity index (χ2n) is 6.99. The fraction of sp³-hybridized carbons (Fsp3) is 0.706. The molecule has 0 aromatic carbocycles. The van der Waals surface area contributed by atoms with Crippen LogP contribution in [0.4, 0.5) is 0 Å². The summed E-state index contributed by atoms with van der Waals surface area (Å²) in [6.45, 7) is 0. The number of rotatable bonds is 3. The van der Waals surface area contributed by atoms with Gasteiger partial charge < -0.3 is 0 Å². The second-order valence-corrected chi connectivity index (χ2v) is 6.99. The summed E-state index contributed by atoms with van der Waals surface area (Å²) < 4.78 is 0. The number of pyridine rings is 1. The lowest BCUT2D eigenvalue weighted by molar-refractivity contribution is -0.0394. The van der Waals surface area contributed by atoms with Crippen molar-refractivity contribution in [1.82, 2.24) is 4.98 Å². The molecule has 1 aromatic heterocycles. The summed E-state index contributed by atoms with van der Waals surface area (Å²) in [5, 5.41) is 0. The minimum Gasteiger partial charge on any atom is -0.265 e. The predicted octanol–water partition coefficient (Wildman–Crippen LogP) is 4.09. The van der Waals surface area contributed by atoms with Gasteiger partial charge in [0.2, 0.25) is 0 Å². The van der Waals surface area contributed by atoms with Crippen LogP contribution in [-0.4, -0.2) is 4.98 Å². The van der Waals surface area contributed by atoms with Crippen LogP contribution in [0, 0.1) is 29.6 Å². The van der Waals surface area contributed by atoms with E-state index < -0.39 is 0 Å². The molecule has 0 radical (unpaired) electrons. The molecule has 0 saturated heterocycles. The van der Waals surface area contributed by atoms with Crippen LogP contribution < -0.4 is 0 Å². The summed E-state index contributed by atoms with van der Waals surface area (Å²) in [5.74, 6) is 5.45. The van der Waals surface area contributed by atoms with E-state index in [0.29, 0.717) is 0 Å². The van der Waals surface area contributed by atoms with Crippen molar-refractivity contribution in [3.63, 3.8) is 0 Å². The molecule has 1 aromatic rings. The molecule has 5 rings (SSSR count). The van der Waals surface area contributed by atoms with Gasteiger partial charge in [0, 0.05) is 12.4 Å². The maximum atomic E-state index is 4.11. The van der Waals surface area contributed by atoms with Crippen LogP contribution in [0.3, 0.4) is 0 Å². The lowest BCUT2D eigenvalue weighted by Crippen LogP contribution is -2.45. The van der Waals surface area contributed by atoms with Gasteiger partial charge in [-0.3, -0.25) is 4.98 Å². The van der Waals surface area contributed by atoms with Gasteiger partial charge in [-0.15, -0.1) is 0 Å². The number of hydrogen-bond donors (Lipinski definition) is 0. The molecule has 4 aliphatic carbocycles. The molecule has 1 nitrogen and oxygen atoms in total. The quantitative estimate of drug-likeness (QED) is 0.777. The largest absolute Gasteiger partial charge is 0.265 e.